The Morgan fingerprint density at radius 3 is 2.54 bits per heavy atom. The van der Waals surface area contributed by atoms with Crippen molar-refractivity contribution in [1.29, 1.82) is 0 Å². The molecule has 1 atom stereocenters. The number of fused-ring (bicyclic) bond motifs is 1. The molecule has 9 heteroatoms. The molecule has 2 aliphatic heterocycles. The minimum Gasteiger partial charge on any atom is -0.367 e. The van der Waals surface area contributed by atoms with Crippen molar-refractivity contribution >= 4 is 40.5 Å². The zero-order valence-corrected chi connectivity index (χ0v) is 14.0. The number of nitro benzene ring substituents is 1. The average molecular weight is 348 g/mol. The van der Waals surface area contributed by atoms with E-state index < -0.39 is 28.2 Å². The molecule has 8 nitrogen and oxygen atoms in total. The van der Waals surface area contributed by atoms with E-state index in [0.29, 0.717) is 12.1 Å². The molecule has 0 bridgehead atoms. The number of carbonyl (C=O) groups is 2. The van der Waals surface area contributed by atoms with E-state index in [-0.39, 0.29) is 17.2 Å². The summed E-state index contributed by atoms with van der Waals surface area (Å²) in [6.07, 6.45) is 0.0853. The van der Waals surface area contributed by atoms with Gasteiger partial charge in [0.2, 0.25) is 11.8 Å². The topological polar surface area (TPSA) is 105 Å². The Bertz CT molecular complexity index is 759. The summed E-state index contributed by atoms with van der Waals surface area (Å²) in [5, 5.41) is 16.1. The molecule has 0 aromatic heterocycles. The Balaban J connectivity index is 2.16. The Kier molecular flexibility index (Phi) is 3.75. The zero-order chi connectivity index (χ0) is 17.6. The van der Waals surface area contributed by atoms with Gasteiger partial charge in [-0.05, 0) is 37.7 Å². The Labute approximate surface area is 143 Å². The van der Waals surface area contributed by atoms with Crippen molar-refractivity contribution in [2.24, 2.45) is 5.41 Å². The van der Waals surface area contributed by atoms with Crippen LogP contribution in [0, 0.1) is 15.5 Å². The maximum Gasteiger partial charge on any atom is 0.269 e. The van der Waals surface area contributed by atoms with Crippen molar-refractivity contribution in [3.63, 3.8) is 0 Å². The van der Waals surface area contributed by atoms with Crippen molar-refractivity contribution < 1.29 is 14.5 Å². The molecule has 24 heavy (non-hydrogen) atoms. The van der Waals surface area contributed by atoms with Crippen LogP contribution in [0.5, 0.6) is 0 Å². The first kappa shape index (κ1) is 16.3. The maximum atomic E-state index is 12.7. The summed E-state index contributed by atoms with van der Waals surface area (Å²) < 4.78 is 0. The van der Waals surface area contributed by atoms with Crippen LogP contribution in [0.1, 0.15) is 19.4 Å². The van der Waals surface area contributed by atoms with E-state index in [1.807, 2.05) is 11.8 Å². The van der Waals surface area contributed by atoms with Gasteiger partial charge in [-0.3, -0.25) is 19.7 Å². The van der Waals surface area contributed by atoms with Gasteiger partial charge in [0.25, 0.3) is 5.69 Å². The van der Waals surface area contributed by atoms with Crippen molar-refractivity contribution in [3.8, 4) is 0 Å². The summed E-state index contributed by atoms with van der Waals surface area (Å²) in [6.45, 7) is 4.27. The lowest BCUT2D eigenvalue weighted by Crippen LogP contribution is -2.70. The quantitative estimate of drug-likeness (QED) is 0.356. The minimum absolute atomic E-state index is 0.0179. The molecule has 1 aromatic rings. The van der Waals surface area contributed by atoms with Crippen molar-refractivity contribution in [2.45, 2.75) is 26.3 Å². The van der Waals surface area contributed by atoms with Crippen LogP contribution in [0.25, 0.3) is 0 Å². The molecule has 1 saturated heterocycles. The number of hydrogen-bond donors (Lipinski definition) is 2. The number of nitrogens with zero attached hydrogens (tertiary/aromatic N) is 2. The largest absolute Gasteiger partial charge is 0.367 e. The number of nitro groups is 1. The van der Waals surface area contributed by atoms with Crippen molar-refractivity contribution in [3.05, 3.63) is 33.9 Å². The molecular formula is C15H16N4O4S. The summed E-state index contributed by atoms with van der Waals surface area (Å²) in [5.74, 6) is -0.946. The third-order valence-electron chi connectivity index (χ3n) is 4.84. The van der Waals surface area contributed by atoms with E-state index >= 15 is 0 Å². The van der Waals surface area contributed by atoms with E-state index in [9.17, 15) is 19.7 Å². The normalized spacial score (nSPS) is 22.0. The molecule has 1 fully saturated rings. The average Bonchev–Trinajstić information content (AvgIpc) is 2.52. The van der Waals surface area contributed by atoms with Crippen molar-refractivity contribution in [2.75, 3.05) is 11.4 Å². The first-order valence-corrected chi connectivity index (χ1v) is 7.93. The number of carbonyl (C=O) groups excluding carboxylic acids is 2. The third kappa shape index (κ3) is 2.15. The van der Waals surface area contributed by atoms with Gasteiger partial charge in [-0.15, -0.1) is 0 Å². The summed E-state index contributed by atoms with van der Waals surface area (Å²) in [5.41, 5.74) is -0.0422. The number of nitrogens with one attached hydrogen (secondary N) is 2. The Hall–Kier alpha value is -2.55. The number of hydrogen-bond acceptors (Lipinski definition) is 6. The van der Waals surface area contributed by atoms with Crippen LogP contribution in [0.15, 0.2) is 18.2 Å². The lowest BCUT2D eigenvalue weighted by Gasteiger charge is -2.49. The standard InChI is InChI=1S/C15H16N4O4S/c1-3-18-8(2)15(12(20)16-14(24)17-13(15)21)7-9-6-10(19(22)23)4-5-11(9)18/h4-6,8H,3,7H2,1-2H3,(H2,16,17,20,21,24)/t8-/m0/s1. The number of anilines is 1. The Morgan fingerprint density at radius 2 is 2.00 bits per heavy atom. The molecule has 2 heterocycles. The van der Waals surface area contributed by atoms with Crippen LogP contribution in [-0.4, -0.2) is 34.4 Å². The predicted octanol–water partition coefficient (Wildman–Crippen LogP) is 0.883. The van der Waals surface area contributed by atoms with Gasteiger partial charge < -0.3 is 15.5 Å². The first-order chi connectivity index (χ1) is 11.3. The number of thiocarbonyl (C=S) groups is 1. The fraction of sp³-hybridized carbons (Fsp3) is 0.400. The second kappa shape index (κ2) is 5.52. The van der Waals surface area contributed by atoms with Gasteiger partial charge >= 0.3 is 0 Å². The predicted molar refractivity (Wildman–Crippen MR) is 90.6 cm³/mol. The second-order valence-electron chi connectivity index (χ2n) is 5.92. The molecule has 0 saturated carbocycles. The summed E-state index contributed by atoms with van der Waals surface area (Å²) >= 11 is 4.87. The van der Waals surface area contributed by atoms with E-state index in [2.05, 4.69) is 10.6 Å². The lowest BCUT2D eigenvalue weighted by molar-refractivity contribution is -0.384. The van der Waals surface area contributed by atoms with E-state index in [1.54, 1.807) is 13.0 Å². The molecule has 2 amide bonds. The van der Waals surface area contributed by atoms with Crippen LogP contribution in [0.4, 0.5) is 11.4 Å². The highest BCUT2D eigenvalue weighted by atomic mass is 32.1. The van der Waals surface area contributed by atoms with Gasteiger partial charge in [0.15, 0.2) is 10.5 Å². The third-order valence-corrected chi connectivity index (χ3v) is 5.04. The molecule has 126 valence electrons. The molecule has 1 spiro atoms. The van der Waals surface area contributed by atoms with E-state index in [1.165, 1.54) is 12.1 Å². The lowest BCUT2D eigenvalue weighted by atomic mass is 9.69. The first-order valence-electron chi connectivity index (χ1n) is 7.52. The maximum absolute atomic E-state index is 12.7. The highest BCUT2D eigenvalue weighted by Gasteiger charge is 2.57. The van der Waals surface area contributed by atoms with Gasteiger partial charge in [-0.25, -0.2) is 0 Å². The van der Waals surface area contributed by atoms with Crippen LogP contribution in [0.2, 0.25) is 0 Å². The fourth-order valence-electron chi connectivity index (χ4n) is 3.58. The van der Waals surface area contributed by atoms with Crippen LogP contribution >= 0.6 is 12.2 Å². The number of rotatable bonds is 2. The highest BCUT2D eigenvalue weighted by Crippen LogP contribution is 2.43. The van der Waals surface area contributed by atoms with Gasteiger partial charge in [-0.2, -0.15) is 0 Å². The number of amides is 2. The second-order valence-corrected chi connectivity index (χ2v) is 6.33. The van der Waals surface area contributed by atoms with E-state index in [0.717, 1.165) is 5.69 Å². The molecular weight excluding hydrogens is 332 g/mol. The smallest absolute Gasteiger partial charge is 0.269 e. The zero-order valence-electron chi connectivity index (χ0n) is 13.2. The highest BCUT2D eigenvalue weighted by molar-refractivity contribution is 7.80. The van der Waals surface area contributed by atoms with E-state index in [4.69, 9.17) is 12.2 Å². The number of non-ortho nitro benzene ring substituents is 1. The molecule has 0 radical (unpaired) electrons. The van der Waals surface area contributed by atoms with Gasteiger partial charge in [0.1, 0.15) is 0 Å². The van der Waals surface area contributed by atoms with Crippen LogP contribution < -0.4 is 15.5 Å². The summed E-state index contributed by atoms with van der Waals surface area (Å²) in [4.78, 5) is 37.8. The molecule has 0 unspecified atom stereocenters. The molecule has 2 N–H and O–H groups in total. The van der Waals surface area contributed by atoms with Crippen LogP contribution in [0.3, 0.4) is 0 Å². The van der Waals surface area contributed by atoms with Gasteiger partial charge in [0.05, 0.1) is 4.92 Å². The summed E-state index contributed by atoms with van der Waals surface area (Å²) in [6, 6.07) is 4.12. The molecule has 1 aromatic carbocycles. The van der Waals surface area contributed by atoms with Crippen LogP contribution in [-0.2, 0) is 16.0 Å². The minimum atomic E-state index is -1.37. The molecule has 2 aliphatic rings. The number of benzene rings is 1. The van der Waals surface area contributed by atoms with Crippen molar-refractivity contribution in [1.82, 2.24) is 10.6 Å². The summed E-state index contributed by atoms with van der Waals surface area (Å²) in [7, 11) is 0. The monoisotopic (exact) mass is 348 g/mol. The van der Waals surface area contributed by atoms with Gasteiger partial charge in [-0.1, -0.05) is 0 Å². The Morgan fingerprint density at radius 1 is 1.38 bits per heavy atom. The van der Waals surface area contributed by atoms with Gasteiger partial charge in [0, 0.05) is 36.8 Å². The fourth-order valence-corrected chi connectivity index (χ4v) is 3.76. The SMILES string of the molecule is CCN1c2ccc([N+](=O)[O-])cc2CC2(C(=O)NC(=S)NC2=O)[C@@H]1C. The molecule has 0 aliphatic carbocycles. The molecule has 3 rings (SSSR count).